The molecule has 1 fully saturated rings. The first-order chi connectivity index (χ1) is 29.7. The molecule has 63 heavy (non-hydrogen) atoms. The van der Waals surface area contributed by atoms with Gasteiger partial charge in [-0.15, -0.1) is 0 Å². The second-order valence-corrected chi connectivity index (χ2v) is 22.2. The van der Waals surface area contributed by atoms with E-state index >= 15 is 0 Å². The Morgan fingerprint density at radius 2 is 1.35 bits per heavy atom. The Bertz CT molecular complexity index is 2220. The highest BCUT2D eigenvalue weighted by Crippen LogP contribution is 2.60. The molecule has 12 nitrogen and oxygen atoms in total. The summed E-state index contributed by atoms with van der Waals surface area (Å²) in [5.74, 6) is 2.42. The van der Waals surface area contributed by atoms with Crippen LogP contribution in [-0.4, -0.2) is 47.3 Å². The lowest BCUT2D eigenvalue weighted by Gasteiger charge is -2.21. The summed E-state index contributed by atoms with van der Waals surface area (Å²) in [6, 6.07) is 20.2. The van der Waals surface area contributed by atoms with Gasteiger partial charge in [-0.25, -0.2) is 4.98 Å². The predicted octanol–water partition coefficient (Wildman–Crippen LogP) is 14.4. The van der Waals surface area contributed by atoms with Gasteiger partial charge in [-0.2, -0.15) is 9.97 Å². The van der Waals surface area contributed by atoms with Crippen LogP contribution in [0.3, 0.4) is 0 Å². The van der Waals surface area contributed by atoms with Crippen molar-refractivity contribution in [1.82, 2.24) is 15.0 Å². The van der Waals surface area contributed by atoms with Gasteiger partial charge in [0.25, 0.3) is 0 Å². The number of ether oxygens (including phenoxy) is 2. The number of pyridine rings is 1. The van der Waals surface area contributed by atoms with Crippen LogP contribution in [-0.2, 0) is 57.8 Å². The normalized spacial score (nSPS) is 15.2. The van der Waals surface area contributed by atoms with Crippen LogP contribution < -0.4 is 13.8 Å². The van der Waals surface area contributed by atoms with E-state index in [1.54, 1.807) is 26.0 Å². The number of carbonyl (C=O) groups excluding carboxylic acids is 1. The lowest BCUT2D eigenvalue weighted by atomic mass is 10.1. The molecule has 2 atom stereocenters. The largest absolute Gasteiger partial charge is 0.461 e. The van der Waals surface area contributed by atoms with E-state index in [0.29, 0.717) is 38.1 Å². The summed E-state index contributed by atoms with van der Waals surface area (Å²) in [6.45, 7) is 13.4. The molecule has 0 aliphatic heterocycles. The molecule has 4 aromatic rings. The molecule has 5 rings (SSSR count). The van der Waals surface area contributed by atoms with Crippen LogP contribution in [0.2, 0.25) is 15.2 Å². The Hall–Kier alpha value is -2.13. The van der Waals surface area contributed by atoms with Crippen molar-refractivity contribution in [3.8, 4) is 23.3 Å². The van der Waals surface area contributed by atoms with Crippen molar-refractivity contribution in [1.29, 1.82) is 0 Å². The van der Waals surface area contributed by atoms with Gasteiger partial charge < -0.3 is 18.5 Å². The third kappa shape index (κ3) is 18.2. The number of hydrogen-bond donors (Lipinski definition) is 0. The van der Waals surface area contributed by atoms with Gasteiger partial charge in [0.15, 0.2) is 5.15 Å². The average Bonchev–Trinajstić information content (AvgIpc) is 3.74. The fourth-order valence-electron chi connectivity index (χ4n) is 5.53. The zero-order valence-corrected chi connectivity index (χ0v) is 43.5. The molecule has 2 aromatic heterocycles. The fraction of sp³-hybridized carbons (Fsp3) is 0.429. The Labute approximate surface area is 406 Å². The zero-order chi connectivity index (χ0) is 47.0. The van der Waals surface area contributed by atoms with E-state index in [1.807, 2.05) is 103 Å². The molecule has 1 saturated carbocycles. The number of nitrogens with zero attached hydrogens (tertiary/aromatic N) is 3. The van der Waals surface area contributed by atoms with Gasteiger partial charge in [-0.1, -0.05) is 116 Å². The van der Waals surface area contributed by atoms with Gasteiger partial charge in [-0.3, -0.25) is 22.9 Å². The van der Waals surface area contributed by atoms with Gasteiger partial charge in [0, 0.05) is 41.3 Å². The van der Waals surface area contributed by atoms with Gasteiger partial charge >= 0.3 is 19.4 Å². The van der Waals surface area contributed by atoms with Crippen LogP contribution in [0.25, 0.3) is 0 Å². The van der Waals surface area contributed by atoms with Crippen molar-refractivity contribution in [2.45, 2.75) is 74.8 Å². The maximum Gasteiger partial charge on any atom is 0.381 e. The lowest BCUT2D eigenvalue weighted by Crippen LogP contribution is -2.10. The number of benzene rings is 2. The number of carbonyl (C=O) groups is 1. The Balaban J connectivity index is 0.000000258. The van der Waals surface area contributed by atoms with E-state index < -0.39 is 13.4 Å². The monoisotopic (exact) mass is 1040 g/mol. The van der Waals surface area contributed by atoms with Crippen LogP contribution in [0, 0.1) is 24.2 Å². The minimum Gasteiger partial charge on any atom is -0.461 e. The van der Waals surface area contributed by atoms with Gasteiger partial charge in [0.2, 0.25) is 11.8 Å². The fourth-order valence-corrected chi connectivity index (χ4v) is 10.4. The molecule has 0 bridgehead atoms. The molecule has 0 N–H and O–H groups in total. The van der Waals surface area contributed by atoms with E-state index in [2.05, 4.69) is 15.0 Å². The standard InChI is InChI=1S/C21H20Cl2O3.C12H21N2O3PS.C9H11Cl3NO3PS/c1-21(2)17(12-18(22)23)19(21)20(24)25-13-14-7-6-10-16(11-14)26-15-8-4-3-5-9-15;1-6-15-18(19,16-7-2)17-11-8-10(5)13-12(14-11)9(3)4;1-3-14-17(18,15-4-2)16-9-7(11)5-6(10)8(12)13-9/h3-12,17,19H,13H2,1-2H3;8-9H,6-7H2,1-5H3;5H,3-4H2,1-2H3. The molecular weight excluding hydrogens is 994 g/mol. The van der Waals surface area contributed by atoms with Crippen molar-refractivity contribution in [2.75, 3.05) is 26.4 Å². The smallest absolute Gasteiger partial charge is 0.381 e. The summed E-state index contributed by atoms with van der Waals surface area (Å²) in [5.41, 5.74) is 1.51. The molecule has 346 valence electrons. The topological polar surface area (TPSA) is 130 Å². The number of esters is 1. The van der Waals surface area contributed by atoms with Crippen LogP contribution in [0.5, 0.6) is 23.3 Å². The third-order valence-corrected chi connectivity index (χ3v) is 14.5. The van der Waals surface area contributed by atoms with Crippen molar-refractivity contribution < 1.29 is 41.4 Å². The van der Waals surface area contributed by atoms with Gasteiger partial charge in [0.1, 0.15) is 33.4 Å². The summed E-state index contributed by atoms with van der Waals surface area (Å²) < 4.78 is 44.1. The first-order valence-corrected chi connectivity index (χ1v) is 26.8. The number of halogens is 5. The molecule has 2 unspecified atom stereocenters. The summed E-state index contributed by atoms with van der Waals surface area (Å²) in [4.78, 5) is 25.0. The molecule has 2 heterocycles. The third-order valence-electron chi connectivity index (χ3n) is 8.50. The van der Waals surface area contributed by atoms with Crippen LogP contribution in [0.15, 0.2) is 77.3 Å². The molecule has 1 aliphatic rings. The summed E-state index contributed by atoms with van der Waals surface area (Å²) in [6.07, 6.45) is 1.71. The van der Waals surface area contributed by atoms with Crippen molar-refractivity contribution >= 4 is 101 Å². The van der Waals surface area contributed by atoms with E-state index in [1.165, 1.54) is 6.07 Å². The van der Waals surface area contributed by atoms with Crippen molar-refractivity contribution in [3.63, 3.8) is 0 Å². The highest BCUT2D eigenvalue weighted by molar-refractivity contribution is 8.08. The molecule has 0 radical (unpaired) electrons. The van der Waals surface area contributed by atoms with Gasteiger partial charge in [0.05, 0.1) is 37.4 Å². The summed E-state index contributed by atoms with van der Waals surface area (Å²) in [5, 5.41) is 0.499. The van der Waals surface area contributed by atoms with Crippen molar-refractivity contribution in [2.24, 2.45) is 17.3 Å². The zero-order valence-electron chi connectivity index (χ0n) is 36.3. The van der Waals surface area contributed by atoms with E-state index in [9.17, 15) is 4.79 Å². The molecule has 0 amide bonds. The number of aryl methyl sites for hydroxylation is 1. The average molecular weight is 1050 g/mol. The molecule has 21 heteroatoms. The SMILES string of the molecule is CC1(C)C(C=C(Cl)Cl)C1C(=O)OCc1cccc(Oc2ccccc2)c1.CCOP(=S)(OCC)Oc1cc(C)nc(C(C)C)n1.CCOP(=S)(OCC)Oc1nc(Cl)c(Cl)cc1Cl. The van der Waals surface area contributed by atoms with Crippen molar-refractivity contribution in [3.05, 3.63) is 110 Å². The summed E-state index contributed by atoms with van der Waals surface area (Å²) in [7, 11) is 0. The van der Waals surface area contributed by atoms with E-state index in [-0.39, 0.29) is 61.3 Å². The number of hydrogen-bond acceptors (Lipinski definition) is 14. The first-order valence-electron chi connectivity index (χ1n) is 19.7. The molecular formula is C42H52Cl5N3O9P2S2. The number of para-hydroxylation sites is 1. The maximum absolute atomic E-state index is 12.4. The first kappa shape index (κ1) is 55.2. The highest BCUT2D eigenvalue weighted by atomic mass is 35.5. The quantitative estimate of drug-likeness (QED) is 0.0502. The minimum absolute atomic E-state index is 0.00717. The minimum atomic E-state index is -2.92. The second-order valence-electron chi connectivity index (χ2n) is 14.1. The van der Waals surface area contributed by atoms with E-state index in [0.717, 1.165) is 22.8 Å². The van der Waals surface area contributed by atoms with Crippen LogP contribution >= 0.6 is 71.4 Å². The predicted molar refractivity (Wildman–Crippen MR) is 260 cm³/mol. The molecule has 0 spiro atoms. The number of allylic oxidation sites excluding steroid dienone is 1. The van der Waals surface area contributed by atoms with E-state index in [4.69, 9.17) is 118 Å². The number of rotatable bonds is 19. The second kappa shape index (κ2) is 26.3. The molecule has 0 saturated heterocycles. The Kier molecular flexibility index (Phi) is 23.0. The highest BCUT2D eigenvalue weighted by Gasteiger charge is 2.61. The number of aromatic nitrogens is 3. The molecule has 1 aliphatic carbocycles. The Morgan fingerprint density at radius 3 is 1.90 bits per heavy atom. The van der Waals surface area contributed by atoms with Gasteiger partial charge in [-0.05, 0) is 87.9 Å². The summed E-state index contributed by atoms with van der Waals surface area (Å²) >= 11 is 39.4. The van der Waals surface area contributed by atoms with Crippen LogP contribution in [0.4, 0.5) is 0 Å². The lowest BCUT2D eigenvalue weighted by molar-refractivity contribution is -0.147. The van der Waals surface area contributed by atoms with Crippen LogP contribution in [0.1, 0.15) is 78.4 Å². The maximum atomic E-state index is 12.4. The molecule has 2 aromatic carbocycles. The Morgan fingerprint density at radius 1 is 0.778 bits per heavy atom.